The number of H-pyrrole nitrogens is 1. The Morgan fingerprint density at radius 3 is 3.05 bits per heavy atom. The summed E-state index contributed by atoms with van der Waals surface area (Å²) in [5, 5.41) is 16.2. The maximum absolute atomic E-state index is 11.7. The first kappa shape index (κ1) is 14.0. The van der Waals surface area contributed by atoms with Crippen LogP contribution < -0.4 is 10.1 Å². The van der Waals surface area contributed by atoms with Gasteiger partial charge in [0.2, 0.25) is 5.91 Å². The number of carbonyl (C=O) groups is 1. The Balaban J connectivity index is 1.73. The zero-order valence-corrected chi connectivity index (χ0v) is 11.5. The largest absolute Gasteiger partial charge is 0.493 e. The minimum atomic E-state index is -0.278. The van der Waals surface area contributed by atoms with Gasteiger partial charge in [0.1, 0.15) is 5.75 Å². The van der Waals surface area contributed by atoms with Crippen molar-refractivity contribution in [3.63, 3.8) is 0 Å². The Hall–Kier alpha value is -2.44. The number of rotatable bonds is 6. The Morgan fingerprint density at radius 1 is 1.50 bits per heavy atom. The van der Waals surface area contributed by atoms with Crippen LogP contribution in [0.15, 0.2) is 24.3 Å². The molecule has 2 rings (SSSR count). The summed E-state index contributed by atoms with van der Waals surface area (Å²) in [6.45, 7) is 4.12. The highest BCUT2D eigenvalue weighted by Gasteiger charge is 2.13. The van der Waals surface area contributed by atoms with E-state index in [-0.39, 0.29) is 18.4 Å². The van der Waals surface area contributed by atoms with Crippen LogP contribution in [-0.4, -0.2) is 33.1 Å². The fraction of sp³-hybridized carbons (Fsp3) is 0.385. The maximum atomic E-state index is 11.7. The van der Waals surface area contributed by atoms with Gasteiger partial charge >= 0.3 is 0 Å². The summed E-state index contributed by atoms with van der Waals surface area (Å²) in [6.07, 6.45) is 0.274. The van der Waals surface area contributed by atoms with Gasteiger partial charge in [-0.05, 0) is 31.5 Å². The smallest absolute Gasteiger partial charge is 0.224 e. The second kappa shape index (κ2) is 6.65. The molecule has 106 valence electrons. The van der Waals surface area contributed by atoms with E-state index in [1.807, 2.05) is 31.2 Å². The lowest BCUT2D eigenvalue weighted by Gasteiger charge is -2.10. The van der Waals surface area contributed by atoms with E-state index in [1.165, 1.54) is 0 Å². The van der Waals surface area contributed by atoms with Crippen molar-refractivity contribution < 1.29 is 9.53 Å². The van der Waals surface area contributed by atoms with Crippen LogP contribution in [0.3, 0.4) is 0 Å². The number of aryl methyl sites for hydroxylation is 1. The van der Waals surface area contributed by atoms with Crippen molar-refractivity contribution >= 4 is 5.91 Å². The number of benzene rings is 1. The number of aromatic nitrogens is 4. The number of ether oxygens (including phenoxy) is 1. The average Bonchev–Trinajstić information content (AvgIpc) is 2.92. The summed E-state index contributed by atoms with van der Waals surface area (Å²) < 4.78 is 5.52. The van der Waals surface area contributed by atoms with Crippen molar-refractivity contribution in [2.24, 2.45) is 0 Å². The third-order valence-corrected chi connectivity index (χ3v) is 2.71. The van der Waals surface area contributed by atoms with Gasteiger partial charge in [-0.1, -0.05) is 17.3 Å². The lowest BCUT2D eigenvalue weighted by atomic mass is 10.2. The van der Waals surface area contributed by atoms with Crippen molar-refractivity contribution in [2.45, 2.75) is 26.3 Å². The third-order valence-electron chi connectivity index (χ3n) is 2.71. The molecule has 1 aromatic heterocycles. The average molecular weight is 275 g/mol. The van der Waals surface area contributed by atoms with Gasteiger partial charge in [-0.3, -0.25) is 4.79 Å². The monoisotopic (exact) mass is 275 g/mol. The van der Waals surface area contributed by atoms with Crippen molar-refractivity contribution in [3.8, 4) is 5.75 Å². The summed E-state index contributed by atoms with van der Waals surface area (Å²) in [6, 6.07) is 7.43. The molecule has 1 aromatic carbocycles. The molecule has 0 radical (unpaired) electrons. The Labute approximate surface area is 116 Å². The molecule has 1 unspecified atom stereocenters. The Kier molecular flexibility index (Phi) is 4.65. The number of aromatic amines is 1. The van der Waals surface area contributed by atoms with Crippen LogP contribution in [0.2, 0.25) is 0 Å². The van der Waals surface area contributed by atoms with E-state index >= 15 is 0 Å². The molecule has 1 heterocycles. The molecule has 7 heteroatoms. The first-order chi connectivity index (χ1) is 9.65. The molecule has 0 aliphatic carbocycles. The van der Waals surface area contributed by atoms with Crippen LogP contribution in [0, 0.1) is 6.92 Å². The molecule has 0 saturated heterocycles. The number of amides is 1. The fourth-order valence-electron chi connectivity index (χ4n) is 1.70. The topological polar surface area (TPSA) is 92.8 Å². The highest BCUT2D eigenvalue weighted by molar-refractivity contribution is 5.76. The van der Waals surface area contributed by atoms with Gasteiger partial charge in [0.05, 0.1) is 19.1 Å². The molecule has 20 heavy (non-hydrogen) atoms. The first-order valence-corrected chi connectivity index (χ1v) is 6.37. The number of tetrazole rings is 1. The van der Waals surface area contributed by atoms with Gasteiger partial charge in [-0.15, -0.1) is 10.2 Å². The number of hydrogen-bond donors (Lipinski definition) is 2. The normalized spacial score (nSPS) is 11.9. The van der Waals surface area contributed by atoms with Gasteiger partial charge in [0.15, 0.2) is 5.82 Å². The van der Waals surface area contributed by atoms with E-state index in [9.17, 15) is 4.79 Å². The molecule has 0 aliphatic rings. The lowest BCUT2D eigenvalue weighted by Crippen LogP contribution is -2.28. The van der Waals surface area contributed by atoms with Gasteiger partial charge < -0.3 is 10.1 Å². The molecular weight excluding hydrogens is 258 g/mol. The number of carbonyl (C=O) groups excluding carboxylic acids is 1. The molecule has 0 fully saturated rings. The van der Waals surface area contributed by atoms with Crippen LogP contribution >= 0.6 is 0 Å². The molecule has 2 aromatic rings. The van der Waals surface area contributed by atoms with E-state index < -0.39 is 0 Å². The van der Waals surface area contributed by atoms with Crippen molar-refractivity contribution in [1.82, 2.24) is 25.9 Å². The molecule has 0 saturated carbocycles. The number of hydrogen-bond acceptors (Lipinski definition) is 5. The fourth-order valence-corrected chi connectivity index (χ4v) is 1.70. The SMILES string of the molecule is Cc1cccc(OCCC(=O)NC(C)c2nn[nH]n2)c1. The molecule has 0 bridgehead atoms. The minimum Gasteiger partial charge on any atom is -0.493 e. The van der Waals surface area contributed by atoms with E-state index in [2.05, 4.69) is 25.9 Å². The number of nitrogens with zero attached hydrogens (tertiary/aromatic N) is 3. The highest BCUT2D eigenvalue weighted by Crippen LogP contribution is 2.12. The molecule has 0 aliphatic heterocycles. The molecular formula is C13H17N5O2. The van der Waals surface area contributed by atoms with Gasteiger partial charge in [-0.25, -0.2) is 0 Å². The van der Waals surface area contributed by atoms with Gasteiger partial charge in [0, 0.05) is 0 Å². The van der Waals surface area contributed by atoms with Crippen LogP contribution in [0.5, 0.6) is 5.75 Å². The molecule has 7 nitrogen and oxygen atoms in total. The number of nitrogens with one attached hydrogen (secondary N) is 2. The standard InChI is InChI=1S/C13H17N5O2/c1-9-4-3-5-11(8-9)20-7-6-12(19)14-10(2)13-15-17-18-16-13/h3-5,8,10H,6-7H2,1-2H3,(H,14,19)(H,15,16,17,18). The van der Waals surface area contributed by atoms with Crippen LogP contribution in [0.25, 0.3) is 0 Å². The predicted octanol–water partition coefficient (Wildman–Crippen LogP) is 1.15. The van der Waals surface area contributed by atoms with Gasteiger partial charge in [-0.2, -0.15) is 5.21 Å². The van der Waals surface area contributed by atoms with E-state index in [0.29, 0.717) is 12.4 Å². The minimum absolute atomic E-state index is 0.116. The summed E-state index contributed by atoms with van der Waals surface area (Å²) >= 11 is 0. The lowest BCUT2D eigenvalue weighted by molar-refractivity contribution is -0.122. The van der Waals surface area contributed by atoms with Crippen LogP contribution in [-0.2, 0) is 4.79 Å². The molecule has 0 spiro atoms. The van der Waals surface area contributed by atoms with Crippen LogP contribution in [0.4, 0.5) is 0 Å². The van der Waals surface area contributed by atoms with Crippen molar-refractivity contribution in [2.75, 3.05) is 6.61 Å². The zero-order valence-electron chi connectivity index (χ0n) is 11.5. The second-order valence-electron chi connectivity index (χ2n) is 4.47. The van der Waals surface area contributed by atoms with Crippen molar-refractivity contribution in [1.29, 1.82) is 0 Å². The highest BCUT2D eigenvalue weighted by atomic mass is 16.5. The zero-order chi connectivity index (χ0) is 14.4. The van der Waals surface area contributed by atoms with Crippen LogP contribution in [0.1, 0.15) is 30.8 Å². The predicted molar refractivity (Wildman–Crippen MR) is 72.0 cm³/mol. The maximum Gasteiger partial charge on any atom is 0.224 e. The Morgan fingerprint density at radius 2 is 2.35 bits per heavy atom. The quantitative estimate of drug-likeness (QED) is 0.825. The molecule has 2 N–H and O–H groups in total. The molecule has 1 amide bonds. The van der Waals surface area contributed by atoms with E-state index in [0.717, 1.165) is 11.3 Å². The van der Waals surface area contributed by atoms with E-state index in [1.54, 1.807) is 6.92 Å². The molecule has 1 atom stereocenters. The Bertz CT molecular complexity index is 556. The summed E-state index contributed by atoms with van der Waals surface area (Å²) in [5.41, 5.74) is 1.12. The van der Waals surface area contributed by atoms with Gasteiger partial charge in [0.25, 0.3) is 0 Å². The summed E-state index contributed by atoms with van der Waals surface area (Å²) in [4.78, 5) is 11.7. The third kappa shape index (κ3) is 4.04. The van der Waals surface area contributed by atoms with Crippen molar-refractivity contribution in [3.05, 3.63) is 35.7 Å². The van der Waals surface area contributed by atoms with E-state index in [4.69, 9.17) is 4.74 Å². The first-order valence-electron chi connectivity index (χ1n) is 6.37. The summed E-state index contributed by atoms with van der Waals surface area (Å²) in [7, 11) is 0. The second-order valence-corrected chi connectivity index (χ2v) is 4.47. The summed E-state index contributed by atoms with van der Waals surface area (Å²) in [5.74, 6) is 1.11.